The summed E-state index contributed by atoms with van der Waals surface area (Å²) < 4.78 is 0. The Bertz CT molecular complexity index is 1110. The smallest absolute Gasteiger partial charge is 0.253 e. The van der Waals surface area contributed by atoms with E-state index in [0.717, 1.165) is 41.7 Å². The molecule has 0 N–H and O–H groups in total. The summed E-state index contributed by atoms with van der Waals surface area (Å²) in [5.41, 5.74) is 2.69. The number of aromatic nitrogens is 2. The Morgan fingerprint density at radius 3 is 2.06 bits per heavy atom. The molecule has 0 saturated carbocycles. The summed E-state index contributed by atoms with van der Waals surface area (Å²) in [5.74, 6) is 1.73. The van der Waals surface area contributed by atoms with Crippen LogP contribution in [0.2, 0.25) is 0 Å². The Labute approximate surface area is 216 Å². The molecule has 0 unspecified atom stereocenters. The SMILES string of the molecule is CCc1cc(N2CCN(C(C)=O)CC2)nc(SCc2cccc(C(=O)N3CCN(C(C)=O)CC3)c2)n1. The Kier molecular flexibility index (Phi) is 8.45. The van der Waals surface area contributed by atoms with Crippen molar-refractivity contribution in [3.05, 3.63) is 47.2 Å². The normalized spacial score (nSPS) is 16.3. The van der Waals surface area contributed by atoms with Crippen LogP contribution in [0.1, 0.15) is 42.4 Å². The van der Waals surface area contributed by atoms with Crippen LogP contribution >= 0.6 is 11.8 Å². The fourth-order valence-electron chi connectivity index (χ4n) is 4.47. The molecule has 0 bridgehead atoms. The van der Waals surface area contributed by atoms with Gasteiger partial charge >= 0.3 is 0 Å². The number of amides is 3. The van der Waals surface area contributed by atoms with Crippen LogP contribution in [0.3, 0.4) is 0 Å². The minimum atomic E-state index is 0.00118. The molecule has 2 fully saturated rings. The van der Waals surface area contributed by atoms with Crippen molar-refractivity contribution in [2.45, 2.75) is 38.1 Å². The van der Waals surface area contributed by atoms with Crippen molar-refractivity contribution in [1.29, 1.82) is 0 Å². The maximum atomic E-state index is 13.0. The van der Waals surface area contributed by atoms with Gasteiger partial charge in [-0.1, -0.05) is 30.8 Å². The second-order valence-corrected chi connectivity index (χ2v) is 10.1. The molecule has 2 aliphatic heterocycles. The van der Waals surface area contributed by atoms with Crippen LogP contribution in [0.15, 0.2) is 35.5 Å². The molecular formula is C26H34N6O3S. The minimum absolute atomic E-state index is 0.00118. The number of rotatable bonds is 6. The third-order valence-corrected chi connectivity index (χ3v) is 7.63. The molecule has 10 heteroatoms. The molecule has 0 aliphatic carbocycles. The van der Waals surface area contributed by atoms with Crippen molar-refractivity contribution < 1.29 is 14.4 Å². The highest BCUT2D eigenvalue weighted by Crippen LogP contribution is 2.25. The van der Waals surface area contributed by atoms with Gasteiger partial charge in [-0.3, -0.25) is 14.4 Å². The third-order valence-electron chi connectivity index (χ3n) is 6.71. The summed E-state index contributed by atoms with van der Waals surface area (Å²) in [4.78, 5) is 53.4. The summed E-state index contributed by atoms with van der Waals surface area (Å²) in [7, 11) is 0. The van der Waals surface area contributed by atoms with Gasteiger partial charge in [0.15, 0.2) is 5.16 Å². The number of benzene rings is 1. The lowest BCUT2D eigenvalue weighted by Gasteiger charge is -2.35. The van der Waals surface area contributed by atoms with Crippen molar-refractivity contribution in [2.75, 3.05) is 57.3 Å². The van der Waals surface area contributed by atoms with E-state index in [9.17, 15) is 14.4 Å². The number of anilines is 1. The van der Waals surface area contributed by atoms with E-state index in [0.29, 0.717) is 50.6 Å². The van der Waals surface area contributed by atoms with Crippen molar-refractivity contribution in [3.8, 4) is 0 Å². The maximum Gasteiger partial charge on any atom is 0.253 e. The van der Waals surface area contributed by atoms with Gasteiger partial charge in [0.05, 0.1) is 0 Å². The summed E-state index contributed by atoms with van der Waals surface area (Å²) in [6.07, 6.45) is 0.817. The first-order chi connectivity index (χ1) is 17.3. The molecule has 1 aromatic heterocycles. The van der Waals surface area contributed by atoms with Gasteiger partial charge in [0, 0.05) is 89.3 Å². The van der Waals surface area contributed by atoms with Crippen LogP contribution < -0.4 is 4.90 Å². The maximum absolute atomic E-state index is 13.0. The van der Waals surface area contributed by atoms with E-state index >= 15 is 0 Å². The molecule has 0 spiro atoms. The number of hydrogen-bond donors (Lipinski definition) is 0. The topological polar surface area (TPSA) is 90.0 Å². The molecule has 36 heavy (non-hydrogen) atoms. The van der Waals surface area contributed by atoms with E-state index in [4.69, 9.17) is 9.97 Å². The molecule has 4 rings (SSSR count). The van der Waals surface area contributed by atoms with E-state index in [-0.39, 0.29) is 17.7 Å². The van der Waals surface area contributed by atoms with Crippen LogP contribution in [0, 0.1) is 0 Å². The quantitative estimate of drug-likeness (QED) is 0.435. The largest absolute Gasteiger partial charge is 0.353 e. The highest BCUT2D eigenvalue weighted by Gasteiger charge is 2.24. The Balaban J connectivity index is 1.39. The molecule has 3 heterocycles. The number of aryl methyl sites for hydroxylation is 1. The molecule has 2 saturated heterocycles. The summed E-state index contributed by atoms with van der Waals surface area (Å²) in [6.45, 7) is 10.4. The zero-order valence-corrected chi connectivity index (χ0v) is 22.1. The number of thioether (sulfide) groups is 1. The molecule has 0 atom stereocenters. The van der Waals surface area contributed by atoms with Crippen molar-refractivity contribution in [1.82, 2.24) is 24.7 Å². The van der Waals surface area contributed by atoms with Gasteiger partial charge < -0.3 is 19.6 Å². The van der Waals surface area contributed by atoms with E-state index in [1.165, 1.54) is 0 Å². The molecule has 0 radical (unpaired) electrons. The Hall–Kier alpha value is -3.14. The Morgan fingerprint density at radius 2 is 1.44 bits per heavy atom. The summed E-state index contributed by atoms with van der Waals surface area (Å²) >= 11 is 1.56. The predicted molar refractivity (Wildman–Crippen MR) is 140 cm³/mol. The van der Waals surface area contributed by atoms with Crippen LogP contribution in [0.4, 0.5) is 5.82 Å². The van der Waals surface area contributed by atoms with Gasteiger partial charge in [0.25, 0.3) is 5.91 Å². The van der Waals surface area contributed by atoms with Crippen LogP contribution in [0.25, 0.3) is 0 Å². The summed E-state index contributed by atoms with van der Waals surface area (Å²) in [6, 6.07) is 9.76. The zero-order chi connectivity index (χ0) is 25.7. The first-order valence-electron chi connectivity index (χ1n) is 12.5. The van der Waals surface area contributed by atoms with Gasteiger partial charge in [0.2, 0.25) is 11.8 Å². The van der Waals surface area contributed by atoms with Gasteiger partial charge in [-0.15, -0.1) is 0 Å². The molecule has 192 valence electrons. The third kappa shape index (κ3) is 6.34. The molecule has 3 amide bonds. The average molecular weight is 511 g/mol. The second kappa shape index (κ2) is 11.7. The number of carbonyl (C=O) groups excluding carboxylic acids is 3. The number of carbonyl (C=O) groups is 3. The fourth-order valence-corrected chi connectivity index (χ4v) is 5.28. The molecular weight excluding hydrogens is 476 g/mol. The lowest BCUT2D eigenvalue weighted by Crippen LogP contribution is -2.50. The highest BCUT2D eigenvalue weighted by molar-refractivity contribution is 7.98. The molecule has 2 aromatic rings. The van der Waals surface area contributed by atoms with Gasteiger partial charge in [-0.2, -0.15) is 0 Å². The predicted octanol–water partition coefficient (Wildman–Crippen LogP) is 2.30. The molecule has 1 aromatic carbocycles. The van der Waals surface area contributed by atoms with Crippen LogP contribution in [-0.4, -0.2) is 94.7 Å². The lowest BCUT2D eigenvalue weighted by molar-refractivity contribution is -0.130. The van der Waals surface area contributed by atoms with E-state index in [1.807, 2.05) is 40.1 Å². The van der Waals surface area contributed by atoms with Crippen molar-refractivity contribution >= 4 is 35.3 Å². The number of piperazine rings is 2. The highest BCUT2D eigenvalue weighted by atomic mass is 32.2. The van der Waals surface area contributed by atoms with Gasteiger partial charge in [0.1, 0.15) is 5.82 Å². The van der Waals surface area contributed by atoms with E-state index < -0.39 is 0 Å². The fraction of sp³-hybridized carbons (Fsp3) is 0.500. The Morgan fingerprint density at radius 1 is 0.833 bits per heavy atom. The van der Waals surface area contributed by atoms with Gasteiger partial charge in [-0.25, -0.2) is 9.97 Å². The molecule has 2 aliphatic rings. The van der Waals surface area contributed by atoms with E-state index in [1.54, 1.807) is 30.5 Å². The summed E-state index contributed by atoms with van der Waals surface area (Å²) in [5, 5.41) is 0.718. The second-order valence-electron chi connectivity index (χ2n) is 9.13. The van der Waals surface area contributed by atoms with Crippen molar-refractivity contribution in [3.63, 3.8) is 0 Å². The average Bonchev–Trinajstić information content (AvgIpc) is 2.91. The van der Waals surface area contributed by atoms with E-state index in [2.05, 4.69) is 11.8 Å². The molecule has 9 nitrogen and oxygen atoms in total. The standard InChI is InChI=1S/C26H34N6O3S/c1-4-23-17-24(31-12-8-29(9-13-31)19(2)33)28-26(27-23)36-18-21-6-5-7-22(16-21)25(35)32-14-10-30(11-15-32)20(3)34/h5-7,16-17H,4,8-15,18H2,1-3H3. The first-order valence-corrected chi connectivity index (χ1v) is 13.5. The first kappa shape index (κ1) is 25.9. The van der Waals surface area contributed by atoms with Crippen molar-refractivity contribution in [2.24, 2.45) is 0 Å². The number of hydrogen-bond acceptors (Lipinski definition) is 7. The lowest BCUT2D eigenvalue weighted by atomic mass is 10.1. The number of nitrogens with zero attached hydrogens (tertiary/aromatic N) is 6. The van der Waals surface area contributed by atoms with Crippen LogP contribution in [-0.2, 0) is 21.8 Å². The monoisotopic (exact) mass is 510 g/mol. The van der Waals surface area contributed by atoms with Gasteiger partial charge in [-0.05, 0) is 24.1 Å². The van der Waals surface area contributed by atoms with Crippen LogP contribution in [0.5, 0.6) is 0 Å². The zero-order valence-electron chi connectivity index (χ0n) is 21.3. The minimum Gasteiger partial charge on any atom is -0.353 e.